The minimum atomic E-state index is -0.273. The van der Waals surface area contributed by atoms with Crippen LogP contribution in [0.2, 0.25) is 0 Å². The lowest BCUT2D eigenvalue weighted by molar-refractivity contribution is -0.134. The van der Waals surface area contributed by atoms with Gasteiger partial charge in [0, 0.05) is 19.0 Å². The molecule has 1 heterocycles. The number of halogens is 1. The summed E-state index contributed by atoms with van der Waals surface area (Å²) in [5.74, 6) is 0.591. The highest BCUT2D eigenvalue weighted by molar-refractivity contribution is 5.76. The van der Waals surface area contributed by atoms with Crippen LogP contribution < -0.4 is 10.1 Å². The van der Waals surface area contributed by atoms with Gasteiger partial charge in [-0.05, 0) is 63.0 Å². The van der Waals surface area contributed by atoms with Gasteiger partial charge in [-0.2, -0.15) is 0 Å². The van der Waals surface area contributed by atoms with E-state index in [1.165, 1.54) is 12.1 Å². The van der Waals surface area contributed by atoms with Crippen LogP contribution >= 0.6 is 0 Å². The number of piperidine rings is 1. The lowest BCUT2D eigenvalue weighted by Gasteiger charge is -2.34. The van der Waals surface area contributed by atoms with Crippen molar-refractivity contribution in [3.63, 3.8) is 0 Å². The smallest absolute Gasteiger partial charge is 0.222 e. The molecular formula is C18H27FN2O2. The fourth-order valence-corrected chi connectivity index (χ4v) is 2.96. The summed E-state index contributed by atoms with van der Waals surface area (Å²) in [5.41, 5.74) is 0. The number of carbonyl (C=O) groups is 1. The Kier molecular flexibility index (Phi) is 7.33. The van der Waals surface area contributed by atoms with Crippen molar-refractivity contribution in [1.82, 2.24) is 10.2 Å². The highest BCUT2D eigenvalue weighted by Crippen LogP contribution is 2.15. The standard InChI is InChI=1S/C18H27FN2O2/c1-2-13-21(16-9-11-20-12-10-16)18(22)4-3-14-23-17-7-5-15(19)6-8-17/h5-8,16,20H,2-4,9-14H2,1H3. The first-order valence-electron chi connectivity index (χ1n) is 8.59. The first kappa shape index (κ1) is 17.7. The van der Waals surface area contributed by atoms with Crippen LogP contribution in [-0.4, -0.2) is 43.1 Å². The van der Waals surface area contributed by atoms with Crippen LogP contribution in [-0.2, 0) is 4.79 Å². The second kappa shape index (κ2) is 9.50. The maximum atomic E-state index is 12.8. The highest BCUT2D eigenvalue weighted by Gasteiger charge is 2.24. The molecule has 1 fully saturated rings. The molecule has 1 aliphatic rings. The second-order valence-electron chi connectivity index (χ2n) is 5.97. The van der Waals surface area contributed by atoms with Gasteiger partial charge in [0.25, 0.3) is 0 Å². The van der Waals surface area contributed by atoms with Gasteiger partial charge in [-0.15, -0.1) is 0 Å². The minimum Gasteiger partial charge on any atom is -0.494 e. The van der Waals surface area contributed by atoms with Crippen molar-refractivity contribution in [2.45, 2.75) is 45.1 Å². The zero-order valence-corrected chi connectivity index (χ0v) is 13.9. The number of hydrogen-bond acceptors (Lipinski definition) is 3. The largest absolute Gasteiger partial charge is 0.494 e. The van der Waals surface area contributed by atoms with Crippen molar-refractivity contribution >= 4 is 5.91 Å². The van der Waals surface area contributed by atoms with Crippen molar-refractivity contribution in [3.05, 3.63) is 30.1 Å². The molecule has 0 unspecified atom stereocenters. The molecule has 4 nitrogen and oxygen atoms in total. The summed E-state index contributed by atoms with van der Waals surface area (Å²) in [5, 5.41) is 3.34. The molecule has 1 aromatic rings. The number of ether oxygens (including phenoxy) is 1. The van der Waals surface area contributed by atoms with Gasteiger partial charge in [-0.1, -0.05) is 6.92 Å². The van der Waals surface area contributed by atoms with Gasteiger partial charge in [0.05, 0.1) is 6.61 Å². The Hall–Kier alpha value is -1.62. The van der Waals surface area contributed by atoms with Crippen LogP contribution in [0.15, 0.2) is 24.3 Å². The van der Waals surface area contributed by atoms with E-state index < -0.39 is 0 Å². The maximum absolute atomic E-state index is 12.8. The number of benzene rings is 1. The molecule has 2 rings (SSSR count). The fourth-order valence-electron chi connectivity index (χ4n) is 2.96. The summed E-state index contributed by atoms with van der Waals surface area (Å²) in [6.07, 6.45) is 4.25. The zero-order valence-electron chi connectivity index (χ0n) is 13.9. The molecule has 1 N–H and O–H groups in total. The SMILES string of the molecule is CCCN(C(=O)CCCOc1ccc(F)cc1)C1CCNCC1. The van der Waals surface area contributed by atoms with Crippen LogP contribution in [0.1, 0.15) is 39.0 Å². The Balaban J connectivity index is 1.73. The van der Waals surface area contributed by atoms with Gasteiger partial charge in [0.2, 0.25) is 5.91 Å². The van der Waals surface area contributed by atoms with E-state index in [2.05, 4.69) is 17.1 Å². The Morgan fingerprint density at radius 3 is 2.65 bits per heavy atom. The van der Waals surface area contributed by atoms with Gasteiger partial charge in [0.15, 0.2) is 0 Å². The first-order valence-corrected chi connectivity index (χ1v) is 8.59. The van der Waals surface area contributed by atoms with Crippen LogP contribution in [0.4, 0.5) is 4.39 Å². The lowest BCUT2D eigenvalue weighted by atomic mass is 10.0. The van der Waals surface area contributed by atoms with Crippen molar-refractivity contribution < 1.29 is 13.9 Å². The molecule has 5 heteroatoms. The Morgan fingerprint density at radius 1 is 1.30 bits per heavy atom. The number of carbonyl (C=O) groups excluding carboxylic acids is 1. The zero-order chi connectivity index (χ0) is 16.5. The number of rotatable bonds is 8. The van der Waals surface area contributed by atoms with Crippen LogP contribution in [0.5, 0.6) is 5.75 Å². The van der Waals surface area contributed by atoms with Crippen molar-refractivity contribution in [1.29, 1.82) is 0 Å². The van der Waals surface area contributed by atoms with Gasteiger partial charge in [-0.3, -0.25) is 4.79 Å². The molecule has 0 aromatic heterocycles. The van der Waals surface area contributed by atoms with Gasteiger partial charge in [0.1, 0.15) is 11.6 Å². The van der Waals surface area contributed by atoms with Gasteiger partial charge in [-0.25, -0.2) is 4.39 Å². The average molecular weight is 322 g/mol. The minimum absolute atomic E-state index is 0.224. The van der Waals surface area contributed by atoms with Crippen molar-refractivity contribution in [2.24, 2.45) is 0 Å². The summed E-state index contributed by atoms with van der Waals surface area (Å²) in [6, 6.07) is 6.34. The van der Waals surface area contributed by atoms with Crippen LogP contribution in [0, 0.1) is 5.82 Å². The molecule has 0 radical (unpaired) electrons. The molecule has 0 saturated carbocycles. The van der Waals surface area contributed by atoms with E-state index in [4.69, 9.17) is 4.74 Å². The predicted octanol–water partition coefficient (Wildman–Crippen LogP) is 2.98. The monoisotopic (exact) mass is 322 g/mol. The van der Waals surface area contributed by atoms with Crippen molar-refractivity contribution in [2.75, 3.05) is 26.2 Å². The summed E-state index contributed by atoms with van der Waals surface area (Å²) >= 11 is 0. The van der Waals surface area contributed by atoms with E-state index in [1.54, 1.807) is 12.1 Å². The third-order valence-corrected chi connectivity index (χ3v) is 4.15. The molecule has 0 aliphatic carbocycles. The molecule has 1 saturated heterocycles. The second-order valence-corrected chi connectivity index (χ2v) is 5.97. The topological polar surface area (TPSA) is 41.6 Å². The molecule has 23 heavy (non-hydrogen) atoms. The number of nitrogens with zero attached hydrogens (tertiary/aromatic N) is 1. The van der Waals surface area contributed by atoms with Gasteiger partial charge < -0.3 is 15.0 Å². The van der Waals surface area contributed by atoms with E-state index >= 15 is 0 Å². The Bertz CT molecular complexity index is 472. The Morgan fingerprint density at radius 2 is 2.00 bits per heavy atom. The van der Waals surface area contributed by atoms with Crippen LogP contribution in [0.3, 0.4) is 0 Å². The number of nitrogens with one attached hydrogen (secondary N) is 1. The molecule has 0 atom stereocenters. The van der Waals surface area contributed by atoms with Crippen LogP contribution in [0.25, 0.3) is 0 Å². The normalized spacial score (nSPS) is 15.4. The van der Waals surface area contributed by atoms with E-state index in [-0.39, 0.29) is 11.7 Å². The number of amides is 1. The predicted molar refractivity (Wildman–Crippen MR) is 89.0 cm³/mol. The number of hydrogen-bond donors (Lipinski definition) is 1. The molecule has 1 amide bonds. The molecule has 1 aliphatic heterocycles. The van der Waals surface area contributed by atoms with E-state index in [9.17, 15) is 9.18 Å². The lowest BCUT2D eigenvalue weighted by Crippen LogP contribution is -2.46. The van der Waals surface area contributed by atoms with Crippen molar-refractivity contribution in [3.8, 4) is 5.75 Å². The molecular weight excluding hydrogens is 295 g/mol. The fraction of sp³-hybridized carbons (Fsp3) is 0.611. The van der Waals surface area contributed by atoms with Gasteiger partial charge >= 0.3 is 0 Å². The first-order chi connectivity index (χ1) is 11.2. The summed E-state index contributed by atoms with van der Waals surface area (Å²) in [4.78, 5) is 14.5. The Labute approximate surface area is 138 Å². The van der Waals surface area contributed by atoms with E-state index in [0.717, 1.165) is 38.9 Å². The van der Waals surface area contributed by atoms with E-state index in [0.29, 0.717) is 31.2 Å². The molecule has 1 aromatic carbocycles. The molecule has 0 bridgehead atoms. The average Bonchev–Trinajstić information content (AvgIpc) is 2.58. The molecule has 128 valence electrons. The molecule has 0 spiro atoms. The highest BCUT2D eigenvalue weighted by atomic mass is 19.1. The third kappa shape index (κ3) is 5.82. The summed E-state index contributed by atoms with van der Waals surface area (Å²) in [6.45, 7) is 5.41. The van der Waals surface area contributed by atoms with E-state index in [1.807, 2.05) is 0 Å². The third-order valence-electron chi connectivity index (χ3n) is 4.15. The quantitative estimate of drug-likeness (QED) is 0.748. The maximum Gasteiger partial charge on any atom is 0.222 e. The summed E-state index contributed by atoms with van der Waals surface area (Å²) in [7, 11) is 0. The summed E-state index contributed by atoms with van der Waals surface area (Å²) < 4.78 is 18.4.